The van der Waals surface area contributed by atoms with E-state index in [1.54, 1.807) is 6.07 Å². The number of hydrogen-bond donors (Lipinski definition) is 1. The normalized spacial score (nSPS) is 20.8. The molecular weight excluding hydrogens is 343 g/mol. The maximum Gasteiger partial charge on any atom is 0.416 e. The summed E-state index contributed by atoms with van der Waals surface area (Å²) in [5.41, 5.74) is 4.97. The standard InChI is InChI=1S/C16H16F3N3O.ClH/c17-16(18,19)11-4-1-3-10(9-11)14(7-8-14)13-21-12(22-23-13)15(20)5-2-6-15;/h1,3-4,9H,2,5-8,20H2;1H. The molecule has 130 valence electrons. The summed E-state index contributed by atoms with van der Waals surface area (Å²) in [6.45, 7) is 0. The number of alkyl halides is 3. The highest BCUT2D eigenvalue weighted by Crippen LogP contribution is 2.54. The smallest absolute Gasteiger partial charge is 0.338 e. The van der Waals surface area contributed by atoms with Crippen molar-refractivity contribution in [2.24, 2.45) is 5.73 Å². The Morgan fingerprint density at radius 3 is 2.38 bits per heavy atom. The van der Waals surface area contributed by atoms with Crippen molar-refractivity contribution in [3.8, 4) is 0 Å². The second-order valence-corrected chi connectivity index (χ2v) is 6.59. The van der Waals surface area contributed by atoms with Gasteiger partial charge in [-0.2, -0.15) is 18.2 Å². The summed E-state index contributed by atoms with van der Waals surface area (Å²) in [5.74, 6) is 0.848. The molecule has 0 amide bonds. The fraction of sp³-hybridized carbons (Fsp3) is 0.500. The van der Waals surface area contributed by atoms with E-state index in [2.05, 4.69) is 10.1 Å². The summed E-state index contributed by atoms with van der Waals surface area (Å²) in [5, 5.41) is 3.98. The summed E-state index contributed by atoms with van der Waals surface area (Å²) in [4.78, 5) is 4.42. The van der Waals surface area contributed by atoms with E-state index in [1.807, 2.05) is 0 Å². The Morgan fingerprint density at radius 2 is 1.83 bits per heavy atom. The molecule has 1 heterocycles. The Morgan fingerprint density at radius 1 is 1.12 bits per heavy atom. The molecule has 4 rings (SSSR count). The van der Waals surface area contributed by atoms with Gasteiger partial charge in [-0.05, 0) is 43.7 Å². The molecule has 24 heavy (non-hydrogen) atoms. The minimum atomic E-state index is -4.36. The van der Waals surface area contributed by atoms with E-state index in [0.717, 1.165) is 25.3 Å². The summed E-state index contributed by atoms with van der Waals surface area (Å²) >= 11 is 0. The second kappa shape index (κ2) is 5.46. The van der Waals surface area contributed by atoms with Gasteiger partial charge in [-0.25, -0.2) is 0 Å². The van der Waals surface area contributed by atoms with Crippen molar-refractivity contribution in [3.63, 3.8) is 0 Å². The van der Waals surface area contributed by atoms with Crippen LogP contribution in [-0.2, 0) is 17.1 Å². The minimum Gasteiger partial charge on any atom is -0.338 e. The number of benzene rings is 1. The van der Waals surface area contributed by atoms with Crippen LogP contribution in [0.4, 0.5) is 13.2 Å². The molecule has 0 spiro atoms. The molecule has 1 aromatic heterocycles. The van der Waals surface area contributed by atoms with Gasteiger partial charge >= 0.3 is 6.18 Å². The van der Waals surface area contributed by atoms with Gasteiger partial charge in [0.2, 0.25) is 5.89 Å². The van der Waals surface area contributed by atoms with E-state index in [1.165, 1.54) is 12.1 Å². The molecule has 8 heteroatoms. The Labute approximate surface area is 143 Å². The maximum atomic E-state index is 12.9. The zero-order valence-electron chi connectivity index (χ0n) is 12.8. The topological polar surface area (TPSA) is 64.9 Å². The van der Waals surface area contributed by atoms with Gasteiger partial charge < -0.3 is 10.3 Å². The monoisotopic (exact) mass is 359 g/mol. The minimum absolute atomic E-state index is 0. The molecule has 0 radical (unpaired) electrons. The van der Waals surface area contributed by atoms with Crippen LogP contribution < -0.4 is 5.73 Å². The van der Waals surface area contributed by atoms with Gasteiger partial charge in [-0.3, -0.25) is 0 Å². The molecule has 1 aromatic carbocycles. The first-order valence-electron chi connectivity index (χ1n) is 7.65. The van der Waals surface area contributed by atoms with Crippen molar-refractivity contribution < 1.29 is 17.7 Å². The van der Waals surface area contributed by atoms with E-state index in [-0.39, 0.29) is 12.4 Å². The Kier molecular flexibility index (Phi) is 3.92. The average molecular weight is 360 g/mol. The van der Waals surface area contributed by atoms with Gasteiger partial charge in [0.05, 0.1) is 16.5 Å². The summed E-state index contributed by atoms with van der Waals surface area (Å²) in [6.07, 6.45) is -0.315. The van der Waals surface area contributed by atoms with Crippen LogP contribution in [0.3, 0.4) is 0 Å². The highest BCUT2D eigenvalue weighted by molar-refractivity contribution is 5.85. The maximum absolute atomic E-state index is 12.9. The first-order chi connectivity index (χ1) is 10.8. The lowest BCUT2D eigenvalue weighted by atomic mass is 9.77. The molecule has 2 aromatic rings. The Balaban J connectivity index is 0.00000169. The molecular formula is C16H17ClF3N3O. The number of halogens is 4. The number of nitrogens with two attached hydrogens (primary N) is 1. The third kappa shape index (κ3) is 2.59. The summed E-state index contributed by atoms with van der Waals surface area (Å²) in [6, 6.07) is 5.36. The number of rotatable bonds is 3. The summed E-state index contributed by atoms with van der Waals surface area (Å²) < 4.78 is 44.1. The first kappa shape index (κ1) is 17.2. The van der Waals surface area contributed by atoms with Gasteiger partial charge in [0.15, 0.2) is 5.82 Å². The van der Waals surface area contributed by atoms with Crippen LogP contribution in [0.15, 0.2) is 28.8 Å². The molecule has 4 nitrogen and oxygen atoms in total. The van der Waals surface area contributed by atoms with Crippen LogP contribution in [0, 0.1) is 0 Å². The predicted molar refractivity (Wildman–Crippen MR) is 82.7 cm³/mol. The van der Waals surface area contributed by atoms with E-state index in [0.29, 0.717) is 30.1 Å². The Bertz CT molecular complexity index is 751. The molecule has 0 aliphatic heterocycles. The fourth-order valence-corrected chi connectivity index (χ4v) is 3.15. The molecule has 2 N–H and O–H groups in total. The molecule has 2 aliphatic rings. The van der Waals surface area contributed by atoms with Crippen LogP contribution >= 0.6 is 12.4 Å². The van der Waals surface area contributed by atoms with Gasteiger partial charge in [-0.15, -0.1) is 12.4 Å². The first-order valence-corrected chi connectivity index (χ1v) is 7.65. The molecule has 0 atom stereocenters. The molecule has 2 saturated carbocycles. The quantitative estimate of drug-likeness (QED) is 0.901. The molecule has 0 saturated heterocycles. The van der Waals surface area contributed by atoms with Crippen molar-refractivity contribution in [3.05, 3.63) is 47.1 Å². The Hall–Kier alpha value is -1.60. The third-order valence-corrected chi connectivity index (χ3v) is 5.02. The zero-order valence-corrected chi connectivity index (χ0v) is 13.6. The number of nitrogens with zero attached hydrogens (tertiary/aromatic N) is 2. The third-order valence-electron chi connectivity index (χ3n) is 5.02. The van der Waals surface area contributed by atoms with Gasteiger partial charge in [0.1, 0.15) is 0 Å². The van der Waals surface area contributed by atoms with Gasteiger partial charge in [0.25, 0.3) is 0 Å². The van der Waals surface area contributed by atoms with Crippen molar-refractivity contribution in [1.82, 2.24) is 10.1 Å². The van der Waals surface area contributed by atoms with Crippen molar-refractivity contribution >= 4 is 12.4 Å². The lowest BCUT2D eigenvalue weighted by Crippen LogP contribution is -2.44. The van der Waals surface area contributed by atoms with Crippen LogP contribution in [0.25, 0.3) is 0 Å². The van der Waals surface area contributed by atoms with Crippen LogP contribution in [0.5, 0.6) is 0 Å². The van der Waals surface area contributed by atoms with Gasteiger partial charge in [-0.1, -0.05) is 23.4 Å². The molecule has 2 fully saturated rings. The second-order valence-electron chi connectivity index (χ2n) is 6.59. The average Bonchev–Trinajstić information content (AvgIpc) is 3.14. The summed E-state index contributed by atoms with van der Waals surface area (Å²) in [7, 11) is 0. The zero-order chi connectivity index (χ0) is 16.3. The lowest BCUT2D eigenvalue weighted by molar-refractivity contribution is -0.137. The lowest BCUT2D eigenvalue weighted by Gasteiger charge is -2.34. The van der Waals surface area contributed by atoms with Crippen molar-refractivity contribution in [1.29, 1.82) is 0 Å². The largest absolute Gasteiger partial charge is 0.416 e. The van der Waals surface area contributed by atoms with E-state index in [9.17, 15) is 13.2 Å². The van der Waals surface area contributed by atoms with Crippen molar-refractivity contribution in [2.45, 2.75) is 49.2 Å². The van der Waals surface area contributed by atoms with E-state index < -0.39 is 22.7 Å². The SMILES string of the molecule is Cl.NC1(c2noc(C3(c4cccc(C(F)(F)F)c4)CC3)n2)CCC1. The van der Waals surface area contributed by atoms with E-state index in [4.69, 9.17) is 10.3 Å². The van der Waals surface area contributed by atoms with Crippen LogP contribution in [0.2, 0.25) is 0 Å². The van der Waals surface area contributed by atoms with Crippen LogP contribution in [0.1, 0.15) is 54.9 Å². The highest BCUT2D eigenvalue weighted by Gasteiger charge is 2.52. The number of hydrogen-bond acceptors (Lipinski definition) is 4. The predicted octanol–water partition coefficient (Wildman–Crippen LogP) is 3.93. The number of aromatic nitrogens is 2. The fourth-order valence-electron chi connectivity index (χ4n) is 3.15. The van der Waals surface area contributed by atoms with E-state index >= 15 is 0 Å². The highest BCUT2D eigenvalue weighted by atomic mass is 35.5. The van der Waals surface area contributed by atoms with Crippen molar-refractivity contribution in [2.75, 3.05) is 0 Å². The van der Waals surface area contributed by atoms with Gasteiger partial charge in [0, 0.05) is 0 Å². The van der Waals surface area contributed by atoms with Crippen LogP contribution in [-0.4, -0.2) is 10.1 Å². The molecule has 0 bridgehead atoms. The molecule has 2 aliphatic carbocycles. The molecule has 0 unspecified atom stereocenters.